The SMILES string of the molecule is CCNC(Cc1ccn(C(C)C)n1)c1ccoc1CC. The zero-order valence-electron chi connectivity index (χ0n) is 12.9. The van der Waals surface area contributed by atoms with E-state index in [2.05, 4.69) is 56.4 Å². The van der Waals surface area contributed by atoms with Crippen LogP contribution in [-0.4, -0.2) is 16.3 Å². The van der Waals surface area contributed by atoms with Crippen molar-refractivity contribution in [3.63, 3.8) is 0 Å². The Hall–Kier alpha value is -1.55. The van der Waals surface area contributed by atoms with Gasteiger partial charge in [-0.15, -0.1) is 0 Å². The van der Waals surface area contributed by atoms with Crippen LogP contribution in [0.1, 0.15) is 56.8 Å². The van der Waals surface area contributed by atoms with E-state index in [9.17, 15) is 0 Å². The quantitative estimate of drug-likeness (QED) is 0.841. The molecule has 4 heteroatoms. The van der Waals surface area contributed by atoms with Gasteiger partial charge in [0.1, 0.15) is 5.76 Å². The summed E-state index contributed by atoms with van der Waals surface area (Å²) in [7, 11) is 0. The fourth-order valence-corrected chi connectivity index (χ4v) is 2.47. The molecule has 1 atom stereocenters. The van der Waals surface area contributed by atoms with Crippen molar-refractivity contribution in [1.82, 2.24) is 15.1 Å². The van der Waals surface area contributed by atoms with Crippen LogP contribution < -0.4 is 5.32 Å². The lowest BCUT2D eigenvalue weighted by Gasteiger charge is -2.17. The van der Waals surface area contributed by atoms with E-state index in [1.807, 2.05) is 4.68 Å². The van der Waals surface area contributed by atoms with Gasteiger partial charge < -0.3 is 9.73 Å². The van der Waals surface area contributed by atoms with Crippen LogP contribution in [0.3, 0.4) is 0 Å². The lowest BCUT2D eigenvalue weighted by atomic mass is 10.0. The fourth-order valence-electron chi connectivity index (χ4n) is 2.47. The van der Waals surface area contributed by atoms with Crippen LogP contribution in [0.25, 0.3) is 0 Å². The second-order valence-electron chi connectivity index (χ2n) is 5.35. The van der Waals surface area contributed by atoms with Gasteiger partial charge in [-0.25, -0.2) is 0 Å². The number of likely N-dealkylation sites (N-methyl/N-ethyl adjacent to an activating group) is 1. The minimum Gasteiger partial charge on any atom is -0.469 e. The summed E-state index contributed by atoms with van der Waals surface area (Å²) in [5, 5.41) is 8.18. The number of aromatic nitrogens is 2. The molecule has 20 heavy (non-hydrogen) atoms. The van der Waals surface area contributed by atoms with Gasteiger partial charge in [0.05, 0.1) is 12.0 Å². The van der Waals surface area contributed by atoms with Gasteiger partial charge in [-0.3, -0.25) is 4.68 Å². The van der Waals surface area contributed by atoms with Crippen LogP contribution in [0.5, 0.6) is 0 Å². The van der Waals surface area contributed by atoms with E-state index in [0.717, 1.165) is 30.8 Å². The first kappa shape index (κ1) is 14.9. The second-order valence-corrected chi connectivity index (χ2v) is 5.35. The Bertz CT molecular complexity index is 527. The predicted molar refractivity (Wildman–Crippen MR) is 80.8 cm³/mol. The van der Waals surface area contributed by atoms with Crippen molar-refractivity contribution >= 4 is 0 Å². The third kappa shape index (κ3) is 3.31. The van der Waals surface area contributed by atoms with Crippen molar-refractivity contribution in [1.29, 1.82) is 0 Å². The van der Waals surface area contributed by atoms with E-state index in [-0.39, 0.29) is 6.04 Å². The molecule has 0 saturated heterocycles. The minimum atomic E-state index is 0.268. The fraction of sp³-hybridized carbons (Fsp3) is 0.562. The lowest BCUT2D eigenvalue weighted by molar-refractivity contribution is 0.480. The first-order chi connectivity index (χ1) is 9.65. The van der Waals surface area contributed by atoms with Gasteiger partial charge >= 0.3 is 0 Å². The normalized spacial score (nSPS) is 13.1. The number of rotatable bonds is 7. The first-order valence-corrected chi connectivity index (χ1v) is 7.49. The summed E-state index contributed by atoms with van der Waals surface area (Å²) >= 11 is 0. The first-order valence-electron chi connectivity index (χ1n) is 7.49. The number of nitrogens with one attached hydrogen (secondary N) is 1. The van der Waals surface area contributed by atoms with E-state index in [1.54, 1.807) is 6.26 Å². The molecule has 0 fully saturated rings. The number of hydrogen-bond donors (Lipinski definition) is 1. The van der Waals surface area contributed by atoms with Crippen LogP contribution in [0, 0.1) is 0 Å². The molecule has 2 aromatic rings. The summed E-state index contributed by atoms with van der Waals surface area (Å²) < 4.78 is 7.56. The molecular weight excluding hydrogens is 250 g/mol. The van der Waals surface area contributed by atoms with Crippen LogP contribution >= 0.6 is 0 Å². The molecule has 1 N–H and O–H groups in total. The molecule has 2 rings (SSSR count). The van der Waals surface area contributed by atoms with Crippen molar-refractivity contribution < 1.29 is 4.42 Å². The molecule has 1 unspecified atom stereocenters. The van der Waals surface area contributed by atoms with Crippen LogP contribution in [-0.2, 0) is 12.8 Å². The average Bonchev–Trinajstić information content (AvgIpc) is 3.06. The summed E-state index contributed by atoms with van der Waals surface area (Å²) in [5.74, 6) is 1.07. The van der Waals surface area contributed by atoms with Gasteiger partial charge in [-0.2, -0.15) is 5.10 Å². The molecule has 110 valence electrons. The number of furan rings is 1. The molecule has 0 bridgehead atoms. The van der Waals surface area contributed by atoms with Gasteiger partial charge in [0.25, 0.3) is 0 Å². The monoisotopic (exact) mass is 275 g/mol. The van der Waals surface area contributed by atoms with Crippen molar-refractivity contribution in [2.75, 3.05) is 6.54 Å². The summed E-state index contributed by atoms with van der Waals surface area (Å²) in [4.78, 5) is 0. The largest absolute Gasteiger partial charge is 0.469 e. The van der Waals surface area contributed by atoms with Crippen molar-refractivity contribution in [3.05, 3.63) is 41.6 Å². The number of aryl methyl sites for hydroxylation is 1. The minimum absolute atomic E-state index is 0.268. The highest BCUT2D eigenvalue weighted by Gasteiger charge is 2.18. The summed E-state index contributed by atoms with van der Waals surface area (Å²) in [6.45, 7) is 9.47. The second kappa shape index (κ2) is 6.75. The zero-order chi connectivity index (χ0) is 14.5. The van der Waals surface area contributed by atoms with Crippen LogP contribution in [0.4, 0.5) is 0 Å². The lowest BCUT2D eigenvalue weighted by Crippen LogP contribution is -2.23. The number of hydrogen-bond acceptors (Lipinski definition) is 3. The predicted octanol–water partition coefficient (Wildman–Crippen LogP) is 3.51. The van der Waals surface area contributed by atoms with Crippen LogP contribution in [0.2, 0.25) is 0 Å². The maximum absolute atomic E-state index is 5.56. The molecule has 0 aliphatic rings. The van der Waals surface area contributed by atoms with E-state index < -0.39 is 0 Å². The molecular formula is C16H25N3O. The molecule has 0 aliphatic carbocycles. The highest BCUT2D eigenvalue weighted by Crippen LogP contribution is 2.23. The van der Waals surface area contributed by atoms with Crippen molar-refractivity contribution in [2.24, 2.45) is 0 Å². The van der Waals surface area contributed by atoms with Gasteiger partial charge in [0, 0.05) is 36.7 Å². The molecule has 0 amide bonds. The van der Waals surface area contributed by atoms with Gasteiger partial charge in [-0.05, 0) is 32.5 Å². The standard InChI is InChI=1S/C16H25N3O/c1-5-16-14(8-10-20-16)15(17-6-2)11-13-7-9-19(18-13)12(3)4/h7-10,12,15,17H,5-6,11H2,1-4H3. The average molecular weight is 275 g/mol. The molecule has 0 radical (unpaired) electrons. The zero-order valence-corrected chi connectivity index (χ0v) is 12.9. The Kier molecular flexibility index (Phi) is 5.01. The van der Waals surface area contributed by atoms with E-state index in [1.165, 1.54) is 5.56 Å². The maximum atomic E-state index is 5.56. The third-order valence-corrected chi connectivity index (χ3v) is 3.53. The summed E-state index contributed by atoms with van der Waals surface area (Å²) in [5.41, 5.74) is 2.38. The Morgan fingerprint density at radius 3 is 2.70 bits per heavy atom. The van der Waals surface area contributed by atoms with Crippen LogP contribution in [0.15, 0.2) is 29.0 Å². The van der Waals surface area contributed by atoms with E-state index in [4.69, 9.17) is 4.42 Å². The van der Waals surface area contributed by atoms with Gasteiger partial charge in [-0.1, -0.05) is 13.8 Å². The van der Waals surface area contributed by atoms with E-state index in [0.29, 0.717) is 6.04 Å². The molecule has 2 heterocycles. The number of nitrogens with zero attached hydrogens (tertiary/aromatic N) is 2. The summed E-state index contributed by atoms with van der Waals surface area (Å²) in [6, 6.07) is 4.85. The molecule has 0 aliphatic heterocycles. The highest BCUT2D eigenvalue weighted by molar-refractivity contribution is 5.23. The molecule has 0 saturated carbocycles. The molecule has 4 nitrogen and oxygen atoms in total. The maximum Gasteiger partial charge on any atom is 0.108 e. The van der Waals surface area contributed by atoms with Gasteiger partial charge in [0.2, 0.25) is 0 Å². The Morgan fingerprint density at radius 2 is 2.10 bits per heavy atom. The smallest absolute Gasteiger partial charge is 0.108 e. The Morgan fingerprint density at radius 1 is 1.30 bits per heavy atom. The third-order valence-electron chi connectivity index (χ3n) is 3.53. The topological polar surface area (TPSA) is 43.0 Å². The molecule has 2 aromatic heterocycles. The van der Waals surface area contributed by atoms with E-state index >= 15 is 0 Å². The van der Waals surface area contributed by atoms with Gasteiger partial charge in [0.15, 0.2) is 0 Å². The molecule has 0 aromatic carbocycles. The molecule has 0 spiro atoms. The Labute approximate surface area is 121 Å². The van der Waals surface area contributed by atoms with Crippen molar-refractivity contribution in [2.45, 2.75) is 52.6 Å². The highest BCUT2D eigenvalue weighted by atomic mass is 16.3. The van der Waals surface area contributed by atoms with Crippen molar-refractivity contribution in [3.8, 4) is 0 Å². The summed E-state index contributed by atoms with van der Waals surface area (Å²) in [6.07, 6.45) is 5.65. The Balaban J connectivity index is 2.16.